The van der Waals surface area contributed by atoms with Crippen molar-refractivity contribution in [3.05, 3.63) is 30.1 Å². The third-order valence-electron chi connectivity index (χ3n) is 3.22. The number of rotatable bonds is 3. The highest BCUT2D eigenvalue weighted by Gasteiger charge is 2.17. The highest BCUT2D eigenvalue weighted by atomic mass is 16.5. The Bertz CT molecular complexity index is 280. The van der Waals surface area contributed by atoms with Crippen LogP contribution >= 0.6 is 0 Å². The van der Waals surface area contributed by atoms with Gasteiger partial charge in [0.25, 0.3) is 0 Å². The van der Waals surface area contributed by atoms with Gasteiger partial charge in [0.15, 0.2) is 0 Å². The monoisotopic (exact) mass is 205 g/mol. The van der Waals surface area contributed by atoms with Crippen LogP contribution in [0.4, 0.5) is 0 Å². The molecular formula is C13H19NO. The maximum atomic E-state index is 5.37. The molecule has 1 aliphatic heterocycles. The van der Waals surface area contributed by atoms with E-state index in [9.17, 15) is 0 Å². The van der Waals surface area contributed by atoms with Crippen molar-refractivity contribution in [3.63, 3.8) is 0 Å². The van der Waals surface area contributed by atoms with Crippen molar-refractivity contribution >= 4 is 0 Å². The first-order chi connectivity index (χ1) is 7.36. The summed E-state index contributed by atoms with van der Waals surface area (Å²) in [6.45, 7) is 4.16. The molecule has 1 atom stereocenters. The van der Waals surface area contributed by atoms with Crippen molar-refractivity contribution in [1.29, 1.82) is 0 Å². The predicted octanol–water partition coefficient (Wildman–Crippen LogP) is 3.00. The van der Waals surface area contributed by atoms with Gasteiger partial charge in [-0.05, 0) is 43.2 Å². The van der Waals surface area contributed by atoms with Crippen LogP contribution < -0.4 is 0 Å². The Morgan fingerprint density at radius 2 is 2.20 bits per heavy atom. The average Bonchev–Trinajstić information content (AvgIpc) is 2.31. The van der Waals surface area contributed by atoms with Crippen molar-refractivity contribution in [3.8, 4) is 0 Å². The molecule has 1 aromatic heterocycles. The van der Waals surface area contributed by atoms with Crippen LogP contribution in [0, 0.1) is 5.92 Å². The highest BCUT2D eigenvalue weighted by molar-refractivity contribution is 5.08. The maximum Gasteiger partial charge on any atom is 0.0468 e. The normalized spacial score (nSPS) is 20.1. The summed E-state index contributed by atoms with van der Waals surface area (Å²) in [5, 5.41) is 0. The minimum atomic E-state index is 0.578. The van der Waals surface area contributed by atoms with Gasteiger partial charge < -0.3 is 4.74 Å². The molecule has 1 fully saturated rings. The van der Waals surface area contributed by atoms with Crippen LogP contribution in [0.3, 0.4) is 0 Å². The van der Waals surface area contributed by atoms with E-state index in [4.69, 9.17) is 4.74 Å². The van der Waals surface area contributed by atoms with Crippen LogP contribution in [0.25, 0.3) is 0 Å². The Morgan fingerprint density at radius 1 is 1.40 bits per heavy atom. The number of ether oxygens (including phenoxy) is 1. The molecule has 0 spiro atoms. The maximum absolute atomic E-state index is 5.37. The number of aromatic nitrogens is 1. The third kappa shape index (κ3) is 3.03. The predicted molar refractivity (Wildman–Crippen MR) is 60.8 cm³/mol. The second-order valence-electron chi connectivity index (χ2n) is 4.45. The molecule has 1 saturated heterocycles. The van der Waals surface area contributed by atoms with E-state index in [2.05, 4.69) is 24.0 Å². The molecule has 0 aromatic carbocycles. The van der Waals surface area contributed by atoms with Gasteiger partial charge in [-0.25, -0.2) is 0 Å². The number of nitrogens with zero attached hydrogens (tertiary/aromatic N) is 1. The van der Waals surface area contributed by atoms with Gasteiger partial charge in [0, 0.05) is 25.1 Å². The minimum Gasteiger partial charge on any atom is -0.381 e. The summed E-state index contributed by atoms with van der Waals surface area (Å²) in [5.74, 6) is 1.41. The lowest BCUT2D eigenvalue weighted by atomic mass is 9.88. The quantitative estimate of drug-likeness (QED) is 0.756. The summed E-state index contributed by atoms with van der Waals surface area (Å²) in [4.78, 5) is 4.41. The summed E-state index contributed by atoms with van der Waals surface area (Å²) in [5.41, 5.74) is 1.23. The summed E-state index contributed by atoms with van der Waals surface area (Å²) >= 11 is 0. The Balaban J connectivity index is 1.88. The average molecular weight is 205 g/mol. The first-order valence-corrected chi connectivity index (χ1v) is 5.85. The molecule has 0 amide bonds. The van der Waals surface area contributed by atoms with Gasteiger partial charge in [-0.3, -0.25) is 4.98 Å². The largest absolute Gasteiger partial charge is 0.381 e. The van der Waals surface area contributed by atoms with Gasteiger partial charge in [-0.15, -0.1) is 0 Å². The zero-order valence-corrected chi connectivity index (χ0v) is 9.36. The van der Waals surface area contributed by atoms with Crippen LogP contribution in [-0.2, 0) is 4.74 Å². The lowest BCUT2D eigenvalue weighted by Crippen LogP contribution is -2.17. The van der Waals surface area contributed by atoms with E-state index in [1.54, 1.807) is 0 Å². The van der Waals surface area contributed by atoms with Crippen LogP contribution in [0.1, 0.15) is 37.8 Å². The first-order valence-electron chi connectivity index (χ1n) is 5.85. The van der Waals surface area contributed by atoms with Crippen LogP contribution in [-0.4, -0.2) is 18.2 Å². The van der Waals surface area contributed by atoms with Crippen molar-refractivity contribution < 1.29 is 4.74 Å². The molecule has 15 heavy (non-hydrogen) atoms. The van der Waals surface area contributed by atoms with Crippen molar-refractivity contribution in [1.82, 2.24) is 4.98 Å². The molecule has 0 N–H and O–H groups in total. The van der Waals surface area contributed by atoms with Crippen LogP contribution in [0.15, 0.2) is 24.4 Å². The second-order valence-corrected chi connectivity index (χ2v) is 4.45. The van der Waals surface area contributed by atoms with E-state index >= 15 is 0 Å². The third-order valence-corrected chi connectivity index (χ3v) is 3.22. The Kier molecular flexibility index (Phi) is 3.73. The molecule has 2 heteroatoms. The highest BCUT2D eigenvalue weighted by Crippen LogP contribution is 2.27. The summed E-state index contributed by atoms with van der Waals surface area (Å²) in [7, 11) is 0. The molecule has 0 aliphatic carbocycles. The van der Waals surface area contributed by atoms with E-state index < -0.39 is 0 Å². The molecule has 1 aromatic rings. The fourth-order valence-corrected chi connectivity index (χ4v) is 2.27. The van der Waals surface area contributed by atoms with Gasteiger partial charge >= 0.3 is 0 Å². The number of hydrogen-bond donors (Lipinski definition) is 0. The number of pyridine rings is 1. The van der Waals surface area contributed by atoms with Crippen LogP contribution in [0.5, 0.6) is 0 Å². The van der Waals surface area contributed by atoms with Crippen molar-refractivity contribution in [2.24, 2.45) is 5.92 Å². The lowest BCUT2D eigenvalue weighted by molar-refractivity contribution is 0.0620. The fraction of sp³-hybridized carbons (Fsp3) is 0.615. The molecule has 2 nitrogen and oxygen atoms in total. The van der Waals surface area contributed by atoms with Gasteiger partial charge in [0.2, 0.25) is 0 Å². The smallest absolute Gasteiger partial charge is 0.0468 e. The van der Waals surface area contributed by atoms with Gasteiger partial charge in [-0.2, -0.15) is 0 Å². The first kappa shape index (κ1) is 10.6. The minimum absolute atomic E-state index is 0.578. The molecule has 0 bridgehead atoms. The molecule has 1 aliphatic rings. The lowest BCUT2D eigenvalue weighted by Gasteiger charge is -2.24. The molecule has 2 heterocycles. The van der Waals surface area contributed by atoms with E-state index in [1.165, 1.54) is 25.0 Å². The molecule has 0 radical (unpaired) electrons. The molecule has 2 rings (SSSR count). The molecule has 82 valence electrons. The Morgan fingerprint density at radius 3 is 2.87 bits per heavy atom. The Labute approximate surface area is 91.7 Å². The van der Waals surface area contributed by atoms with Crippen LogP contribution in [0.2, 0.25) is 0 Å². The second kappa shape index (κ2) is 5.26. The van der Waals surface area contributed by atoms with E-state index in [1.807, 2.05) is 12.3 Å². The molecular weight excluding hydrogens is 186 g/mol. The summed E-state index contributed by atoms with van der Waals surface area (Å²) < 4.78 is 5.37. The molecule has 1 unspecified atom stereocenters. The van der Waals surface area contributed by atoms with E-state index in [0.29, 0.717) is 5.92 Å². The SMILES string of the molecule is CC(CC1CCOCC1)c1ccccn1. The zero-order chi connectivity index (χ0) is 10.5. The van der Waals surface area contributed by atoms with Gasteiger partial charge in [-0.1, -0.05) is 13.0 Å². The number of hydrogen-bond acceptors (Lipinski definition) is 2. The Hall–Kier alpha value is -0.890. The zero-order valence-electron chi connectivity index (χ0n) is 9.36. The summed E-state index contributed by atoms with van der Waals surface area (Å²) in [6.07, 6.45) is 5.57. The topological polar surface area (TPSA) is 22.1 Å². The van der Waals surface area contributed by atoms with Crippen molar-refractivity contribution in [2.75, 3.05) is 13.2 Å². The molecule has 0 saturated carbocycles. The fourth-order valence-electron chi connectivity index (χ4n) is 2.27. The van der Waals surface area contributed by atoms with E-state index in [0.717, 1.165) is 19.1 Å². The van der Waals surface area contributed by atoms with Gasteiger partial charge in [0.1, 0.15) is 0 Å². The van der Waals surface area contributed by atoms with Crippen molar-refractivity contribution in [2.45, 2.75) is 32.1 Å². The van der Waals surface area contributed by atoms with Gasteiger partial charge in [0.05, 0.1) is 0 Å². The van der Waals surface area contributed by atoms with E-state index in [-0.39, 0.29) is 0 Å². The standard InChI is InChI=1S/C13H19NO/c1-11(13-4-2-3-7-14-13)10-12-5-8-15-9-6-12/h2-4,7,11-12H,5-6,8-10H2,1H3. The summed E-state index contributed by atoms with van der Waals surface area (Å²) in [6, 6.07) is 6.18.